The van der Waals surface area contributed by atoms with Gasteiger partial charge in [-0.15, -0.1) is 23.7 Å². The number of sulfonamides is 2. The van der Waals surface area contributed by atoms with Crippen molar-refractivity contribution < 1.29 is 43.2 Å². The zero-order valence-electron chi connectivity index (χ0n) is 28.4. The maximum atomic E-state index is 13.5. The van der Waals surface area contributed by atoms with Crippen LogP contribution in [-0.2, 0) is 32.4 Å². The zero-order valence-corrected chi connectivity index (χ0v) is 34.0. The second kappa shape index (κ2) is 16.8. The molecule has 0 saturated heterocycles. The number of halogens is 9. The fourth-order valence-corrected chi connectivity index (χ4v) is 7.12. The lowest BCUT2D eigenvalue weighted by Crippen LogP contribution is -2.14. The van der Waals surface area contributed by atoms with Crippen LogP contribution in [0.4, 0.5) is 26.3 Å². The first kappa shape index (κ1) is 44.4. The van der Waals surface area contributed by atoms with Crippen molar-refractivity contribution in [3.63, 3.8) is 0 Å². The normalized spacial score (nSPS) is 12.1. The van der Waals surface area contributed by atoms with Crippen LogP contribution < -0.4 is 10.3 Å². The van der Waals surface area contributed by atoms with Gasteiger partial charge in [0.05, 0.1) is 51.4 Å². The predicted octanol–water partition coefficient (Wildman–Crippen LogP) is 8.16. The number of nitrogens with zero attached hydrogens (tertiary/aromatic N) is 7. The number of hydrogen-bond donors (Lipinski definition) is 2. The number of alkyl halides is 6. The minimum Gasteiger partial charge on any atom is -0.245 e. The third-order valence-electron chi connectivity index (χ3n) is 7.64. The van der Waals surface area contributed by atoms with Gasteiger partial charge in [-0.05, 0) is 42.5 Å². The van der Waals surface area contributed by atoms with E-state index in [2.05, 4.69) is 41.1 Å². The first-order chi connectivity index (χ1) is 26.6. The van der Waals surface area contributed by atoms with Gasteiger partial charge < -0.3 is 0 Å². The van der Waals surface area contributed by atoms with Gasteiger partial charge in [-0.2, -0.15) is 36.5 Å². The van der Waals surface area contributed by atoms with E-state index >= 15 is 0 Å². The molecule has 0 aliphatic rings. The first-order valence-electron chi connectivity index (χ1n) is 15.4. The fourth-order valence-electron chi connectivity index (χ4n) is 5.04. The van der Waals surface area contributed by atoms with Crippen LogP contribution in [0.5, 0.6) is 0 Å². The van der Waals surface area contributed by atoms with Crippen LogP contribution in [0.25, 0.3) is 45.1 Å². The standard InChI is InChI=1S/C18H11ClF3N5O2S2.C15H10BrF3N4O2S.ClH/c19-15-16(11-3-1-10(2-4-11)13-8-30-9-25-13)27(26-17(15)18(20,21)22)12-5-6-14(24-7-12)31(23,28)29;16-10-3-1-9(2-4-10)12-7-13(15(17,18)19)22-23(12)11-5-6-14(21-8-11)26(20,24)25;/h1-9H,(H2,23,28,29);1-8H,(H2,20,24,25);1H. The Kier molecular flexibility index (Phi) is 12.9. The van der Waals surface area contributed by atoms with Gasteiger partial charge in [-0.3, -0.25) is 0 Å². The van der Waals surface area contributed by atoms with Gasteiger partial charge in [0.25, 0.3) is 20.0 Å². The van der Waals surface area contributed by atoms with Crippen LogP contribution in [0.15, 0.2) is 117 Å². The fraction of sp³-hybridized carbons (Fsp3) is 0.0606. The molecule has 5 aromatic heterocycles. The van der Waals surface area contributed by atoms with E-state index in [1.165, 1.54) is 23.5 Å². The van der Waals surface area contributed by atoms with Crippen molar-refractivity contribution >= 4 is 71.3 Å². The zero-order chi connectivity index (χ0) is 41.5. The van der Waals surface area contributed by atoms with Crippen molar-refractivity contribution in [3.05, 3.63) is 123 Å². The number of nitrogens with two attached hydrogens (primary N) is 2. The molecule has 25 heteroatoms. The SMILES string of the molecule is Cl.NS(=O)(=O)c1ccc(-n2nc(C(F)(F)F)c(Cl)c2-c2ccc(-c3cscn3)cc2)cn1.NS(=O)(=O)c1ccc(-n2nc(C(F)(F)F)cc2-c2ccc(Br)cc2)cn1. The molecule has 4 N–H and O–H groups in total. The molecular formula is C33H22BrCl2F6N9O4S3. The Balaban J connectivity index is 0.000000221. The third-order valence-corrected chi connectivity index (χ3v) is 10.8. The molecular weight excluding hydrogens is 947 g/mol. The maximum absolute atomic E-state index is 13.5. The van der Waals surface area contributed by atoms with E-state index in [0.29, 0.717) is 11.1 Å². The third kappa shape index (κ3) is 9.91. The highest BCUT2D eigenvalue weighted by atomic mass is 79.9. The minimum absolute atomic E-state index is 0. The topological polar surface area (TPSA) is 195 Å². The lowest BCUT2D eigenvalue weighted by atomic mass is 10.1. The Morgan fingerprint density at radius 3 is 1.64 bits per heavy atom. The van der Waals surface area contributed by atoms with Gasteiger partial charge in [0.1, 0.15) is 0 Å². The van der Waals surface area contributed by atoms with E-state index in [1.54, 1.807) is 54.0 Å². The van der Waals surface area contributed by atoms with Gasteiger partial charge in [-0.1, -0.05) is 63.9 Å². The van der Waals surface area contributed by atoms with Crippen LogP contribution in [0, 0.1) is 0 Å². The number of hydrogen-bond acceptors (Lipinski definition) is 10. The Morgan fingerprint density at radius 1 is 0.672 bits per heavy atom. The van der Waals surface area contributed by atoms with Crippen molar-refractivity contribution in [2.75, 3.05) is 0 Å². The summed E-state index contributed by atoms with van der Waals surface area (Å²) in [5.74, 6) is 0. The van der Waals surface area contributed by atoms with Gasteiger partial charge >= 0.3 is 12.4 Å². The van der Waals surface area contributed by atoms with Crippen LogP contribution in [0.3, 0.4) is 0 Å². The Hall–Kier alpha value is -4.75. The summed E-state index contributed by atoms with van der Waals surface area (Å²) in [6.07, 6.45) is -7.29. The molecule has 0 saturated carbocycles. The lowest BCUT2D eigenvalue weighted by molar-refractivity contribution is -0.142. The van der Waals surface area contributed by atoms with E-state index in [4.69, 9.17) is 21.9 Å². The van der Waals surface area contributed by atoms with E-state index in [-0.39, 0.29) is 35.2 Å². The molecule has 5 heterocycles. The molecule has 0 spiro atoms. The summed E-state index contributed by atoms with van der Waals surface area (Å²) in [6, 6.07) is 18.8. The summed E-state index contributed by atoms with van der Waals surface area (Å²) in [7, 11) is -8.08. The van der Waals surface area contributed by atoms with Crippen LogP contribution in [0.2, 0.25) is 5.02 Å². The number of pyridine rings is 2. The summed E-state index contributed by atoms with van der Waals surface area (Å²) < 4.78 is 128. The number of aromatic nitrogens is 7. The predicted molar refractivity (Wildman–Crippen MR) is 207 cm³/mol. The molecule has 0 amide bonds. The molecule has 58 heavy (non-hydrogen) atoms. The van der Waals surface area contributed by atoms with Crippen molar-refractivity contribution in [1.29, 1.82) is 0 Å². The molecule has 0 bridgehead atoms. The molecule has 0 fully saturated rings. The second-order valence-electron chi connectivity index (χ2n) is 11.5. The van der Waals surface area contributed by atoms with E-state index in [1.807, 2.05) is 5.38 Å². The van der Waals surface area contributed by atoms with E-state index in [0.717, 1.165) is 55.7 Å². The number of thiazole rings is 1. The number of primary sulfonamides is 2. The Bertz CT molecular complexity index is 2770. The number of rotatable bonds is 7. The highest BCUT2D eigenvalue weighted by Crippen LogP contribution is 2.41. The summed E-state index contributed by atoms with van der Waals surface area (Å²) >= 11 is 10.8. The molecule has 0 unspecified atom stereocenters. The minimum atomic E-state index is -4.80. The quantitative estimate of drug-likeness (QED) is 0.148. The van der Waals surface area contributed by atoms with E-state index < -0.39 is 58.9 Å². The molecule has 0 atom stereocenters. The molecule has 0 aliphatic heterocycles. The molecule has 7 aromatic rings. The maximum Gasteiger partial charge on any atom is 0.436 e. The first-order valence-corrected chi connectivity index (χ1v) is 20.6. The Morgan fingerprint density at radius 2 is 1.19 bits per heavy atom. The molecule has 0 radical (unpaired) electrons. The second-order valence-corrected chi connectivity index (χ2v) is 16.5. The van der Waals surface area contributed by atoms with Crippen LogP contribution in [-0.4, -0.2) is 51.3 Å². The summed E-state index contributed by atoms with van der Waals surface area (Å²) in [5.41, 5.74) is 2.07. The van der Waals surface area contributed by atoms with Crippen molar-refractivity contribution in [2.45, 2.75) is 22.4 Å². The largest absolute Gasteiger partial charge is 0.436 e. The van der Waals surface area contributed by atoms with E-state index in [9.17, 15) is 43.2 Å². The van der Waals surface area contributed by atoms with Crippen molar-refractivity contribution in [2.24, 2.45) is 10.3 Å². The van der Waals surface area contributed by atoms with Gasteiger partial charge in [0, 0.05) is 26.5 Å². The summed E-state index contributed by atoms with van der Waals surface area (Å²) in [6.45, 7) is 0. The van der Waals surface area contributed by atoms with Crippen molar-refractivity contribution in [1.82, 2.24) is 34.5 Å². The Labute approximate surface area is 348 Å². The van der Waals surface area contributed by atoms with Crippen LogP contribution >= 0.6 is 51.3 Å². The van der Waals surface area contributed by atoms with Gasteiger partial charge in [0.15, 0.2) is 21.4 Å². The highest BCUT2D eigenvalue weighted by molar-refractivity contribution is 9.10. The summed E-state index contributed by atoms with van der Waals surface area (Å²) in [4.78, 5) is 11.6. The monoisotopic (exact) mass is 967 g/mol. The number of benzene rings is 2. The van der Waals surface area contributed by atoms with Crippen molar-refractivity contribution in [3.8, 4) is 45.1 Å². The molecule has 7 rings (SSSR count). The average molecular weight is 970 g/mol. The smallest absolute Gasteiger partial charge is 0.245 e. The average Bonchev–Trinajstić information content (AvgIpc) is 3.91. The molecule has 0 aliphatic carbocycles. The summed E-state index contributed by atoms with van der Waals surface area (Å²) in [5, 5.41) is 17.6. The highest BCUT2D eigenvalue weighted by Gasteiger charge is 2.39. The molecule has 304 valence electrons. The van der Waals surface area contributed by atoms with Crippen LogP contribution in [0.1, 0.15) is 11.4 Å². The molecule has 13 nitrogen and oxygen atoms in total. The molecule has 2 aromatic carbocycles. The van der Waals surface area contributed by atoms with Gasteiger partial charge in [-0.25, -0.2) is 51.4 Å². The van der Waals surface area contributed by atoms with Gasteiger partial charge in [0.2, 0.25) is 0 Å². The lowest BCUT2D eigenvalue weighted by Gasteiger charge is -2.09.